The van der Waals surface area contributed by atoms with Crippen molar-refractivity contribution in [3.8, 4) is 0 Å². The van der Waals surface area contributed by atoms with Gasteiger partial charge in [0.1, 0.15) is 23.3 Å². The molecule has 14 N–H and O–H groups in total. The molecule has 0 unspecified atom stereocenters. The summed E-state index contributed by atoms with van der Waals surface area (Å²) in [6.45, 7) is 2.75. The maximum absolute atomic E-state index is 13.8. The molecule has 24 nitrogen and oxygen atoms in total. The summed E-state index contributed by atoms with van der Waals surface area (Å²) in [6.07, 6.45) is 0. The average molecular weight is 1080 g/mol. The molecule has 2 heterocycles. The number of nitrogens with zero attached hydrogens (tertiary/aromatic N) is 4. The van der Waals surface area contributed by atoms with Crippen LogP contribution in [0.15, 0.2) is 153 Å². The van der Waals surface area contributed by atoms with Crippen LogP contribution in [-0.2, 0) is 0 Å². The molecule has 6 aromatic carbocycles. The molecule has 0 aliphatic carbocycles. The highest BCUT2D eigenvalue weighted by atomic mass is 16.2. The number of rotatable bonds is 17. The van der Waals surface area contributed by atoms with Gasteiger partial charge in [0.15, 0.2) is 0 Å². The van der Waals surface area contributed by atoms with E-state index in [1.54, 1.807) is 101 Å². The summed E-state index contributed by atoms with van der Waals surface area (Å²) in [5.74, 6) is 1.69. The van der Waals surface area contributed by atoms with E-state index < -0.39 is 35.9 Å². The van der Waals surface area contributed by atoms with Crippen LogP contribution in [0.4, 0.5) is 64.7 Å². The van der Waals surface area contributed by atoms with Crippen molar-refractivity contribution in [3.63, 3.8) is 0 Å². The molecule has 0 fully saturated rings. The molecule has 410 valence electrons. The SMILES string of the molecule is CN=C(NC)c1ccc(NC(=O)Nc2cc(NC(=O)Nc3ccc(C(=NC)NC)cc3)cc(C(=O)NCCNC(=O)c3cc(NC(=O)Nc4ccc(C5=NCCN5)cc4)cc(NC(=O)Nc4ccc(C5=NCCN5)cc4)c3)c2)cc1. The minimum absolute atomic E-state index is 0.0624. The highest BCUT2D eigenvalue weighted by molar-refractivity contribution is 6.08. The third-order valence-corrected chi connectivity index (χ3v) is 12.1. The predicted octanol–water partition coefficient (Wildman–Crippen LogP) is 6.31. The zero-order chi connectivity index (χ0) is 56.4. The molecule has 0 saturated heterocycles. The first-order chi connectivity index (χ1) is 38.8. The van der Waals surface area contributed by atoms with E-state index >= 15 is 0 Å². The number of carbonyl (C=O) groups is 6. The number of amides is 10. The van der Waals surface area contributed by atoms with E-state index in [1.165, 1.54) is 36.4 Å². The van der Waals surface area contributed by atoms with E-state index in [9.17, 15) is 28.8 Å². The number of aliphatic imine (C=N–C) groups is 4. The third-order valence-electron chi connectivity index (χ3n) is 12.1. The number of amidine groups is 4. The van der Waals surface area contributed by atoms with Crippen LogP contribution in [-0.4, -0.2) is 127 Å². The summed E-state index contributed by atoms with van der Waals surface area (Å²) in [5, 5.41) is 40.0. The maximum atomic E-state index is 13.8. The lowest BCUT2D eigenvalue weighted by Gasteiger charge is -2.15. The average Bonchev–Trinajstić information content (AvgIpc) is 4.22. The Morgan fingerprint density at radius 1 is 0.400 bits per heavy atom. The summed E-state index contributed by atoms with van der Waals surface area (Å²) in [7, 11) is 6.83. The van der Waals surface area contributed by atoms with Crippen molar-refractivity contribution < 1.29 is 28.8 Å². The van der Waals surface area contributed by atoms with Crippen molar-refractivity contribution in [3.05, 3.63) is 167 Å². The Bertz CT molecular complexity index is 3000. The molecule has 80 heavy (non-hydrogen) atoms. The van der Waals surface area contributed by atoms with Crippen LogP contribution < -0.4 is 74.4 Å². The van der Waals surface area contributed by atoms with E-state index in [0.29, 0.717) is 47.5 Å². The van der Waals surface area contributed by atoms with Gasteiger partial charge in [-0.25, -0.2) is 19.2 Å². The van der Waals surface area contributed by atoms with Crippen molar-refractivity contribution >= 4 is 105 Å². The smallest absolute Gasteiger partial charge is 0.323 e. The summed E-state index contributed by atoms with van der Waals surface area (Å²) < 4.78 is 0. The van der Waals surface area contributed by atoms with Gasteiger partial charge >= 0.3 is 24.1 Å². The van der Waals surface area contributed by atoms with Gasteiger partial charge in [-0.05, 0) is 133 Å². The minimum atomic E-state index is -0.627. The molecule has 0 saturated carbocycles. The number of urea groups is 4. The zero-order valence-electron chi connectivity index (χ0n) is 44.2. The van der Waals surface area contributed by atoms with Crippen molar-refractivity contribution in [2.45, 2.75) is 0 Å². The summed E-state index contributed by atoms with van der Waals surface area (Å²) in [4.78, 5) is 98.0. The lowest BCUT2D eigenvalue weighted by Crippen LogP contribution is -2.35. The Balaban J connectivity index is 0.932. The van der Waals surface area contributed by atoms with Gasteiger partial charge in [-0.3, -0.25) is 29.6 Å². The first kappa shape index (κ1) is 55.5. The Kier molecular flexibility index (Phi) is 18.6. The topological polar surface area (TPSA) is 320 Å². The molecule has 2 aliphatic heterocycles. The first-order valence-corrected chi connectivity index (χ1v) is 25.3. The molecule has 24 heteroatoms. The maximum Gasteiger partial charge on any atom is 0.323 e. The van der Waals surface area contributed by atoms with Gasteiger partial charge in [0, 0.05) is 133 Å². The van der Waals surface area contributed by atoms with Gasteiger partial charge in [-0.2, -0.15) is 0 Å². The molecule has 6 aromatic rings. The van der Waals surface area contributed by atoms with Crippen molar-refractivity contribution in [2.75, 3.05) is 110 Å². The van der Waals surface area contributed by atoms with Crippen LogP contribution in [0.2, 0.25) is 0 Å². The molecule has 0 radical (unpaired) electrons. The van der Waals surface area contributed by atoms with Crippen LogP contribution in [0.5, 0.6) is 0 Å². The number of carbonyl (C=O) groups excluding carboxylic acids is 6. The van der Waals surface area contributed by atoms with Crippen molar-refractivity contribution in [1.29, 1.82) is 0 Å². The number of hydrogen-bond donors (Lipinski definition) is 14. The fourth-order valence-electron chi connectivity index (χ4n) is 8.33. The van der Waals surface area contributed by atoms with Crippen LogP contribution in [0.3, 0.4) is 0 Å². The standard InChI is InChI=1S/C56H60N18O6/c1-57-47(58-2)33-5-13-39(14-6-33)67-53(77)71-43-27-37(28-44(31-43)72-54(78)68-40-15-7-34(8-16-40)48(59-3)60-4)51(75)65-25-26-66-52(76)38-29-45(73-55(79)69-41-17-9-35(10-18-41)49-61-21-22-62-49)32-46(30-38)74-56(80)70-42-19-11-36(12-20-42)50-63-23-24-64-50/h5-20,27-32H,21-26H2,1-4H3,(H,57,58)(H,59,60)(H,61,62)(H,63,64)(H,65,75)(H,66,76)(H2,67,71,77)(H2,68,72,78)(H2,69,73,79)(H2,70,74,80). The number of nitrogens with one attached hydrogen (secondary N) is 14. The largest absolute Gasteiger partial charge is 0.373 e. The number of hydrogen-bond acceptors (Lipinski definition) is 12. The van der Waals surface area contributed by atoms with Gasteiger partial charge in [0.05, 0.1) is 13.1 Å². The number of anilines is 8. The van der Waals surface area contributed by atoms with Gasteiger partial charge in [-0.1, -0.05) is 0 Å². The minimum Gasteiger partial charge on any atom is -0.373 e. The third kappa shape index (κ3) is 15.4. The van der Waals surface area contributed by atoms with E-state index in [4.69, 9.17) is 0 Å². The van der Waals surface area contributed by atoms with Crippen LogP contribution in [0.25, 0.3) is 0 Å². The van der Waals surface area contributed by atoms with Crippen LogP contribution >= 0.6 is 0 Å². The highest BCUT2D eigenvalue weighted by Crippen LogP contribution is 2.24. The zero-order valence-corrected chi connectivity index (χ0v) is 44.2. The lowest BCUT2D eigenvalue weighted by molar-refractivity contribution is 0.0928. The Labute approximate surface area is 460 Å². The van der Waals surface area contributed by atoms with E-state index in [-0.39, 0.29) is 47.0 Å². The molecule has 0 spiro atoms. The van der Waals surface area contributed by atoms with E-state index in [1.807, 2.05) is 24.3 Å². The molecule has 0 aromatic heterocycles. The van der Waals surface area contributed by atoms with Crippen molar-refractivity contribution in [1.82, 2.24) is 31.9 Å². The van der Waals surface area contributed by atoms with Crippen LogP contribution in [0.1, 0.15) is 43.0 Å². The second-order valence-corrected chi connectivity index (χ2v) is 17.7. The summed E-state index contributed by atoms with van der Waals surface area (Å²) >= 11 is 0. The Morgan fingerprint density at radius 2 is 0.688 bits per heavy atom. The second kappa shape index (κ2) is 26.8. The molecule has 8 rings (SSSR count). The van der Waals surface area contributed by atoms with Gasteiger partial charge in [0.2, 0.25) is 0 Å². The lowest BCUT2D eigenvalue weighted by atomic mass is 10.1. The fraction of sp³-hybridized carbons (Fsp3) is 0.179. The first-order valence-electron chi connectivity index (χ1n) is 25.3. The Hall–Kier alpha value is -10.8. The van der Waals surface area contributed by atoms with E-state index in [0.717, 1.165) is 47.0 Å². The second-order valence-electron chi connectivity index (χ2n) is 17.7. The van der Waals surface area contributed by atoms with Gasteiger partial charge < -0.3 is 74.4 Å². The molecular formula is C56H60N18O6. The Morgan fingerprint density at radius 3 is 0.950 bits per heavy atom. The normalized spacial score (nSPS) is 12.7. The van der Waals surface area contributed by atoms with Gasteiger partial charge in [0.25, 0.3) is 11.8 Å². The molecule has 2 aliphatic rings. The molecule has 0 atom stereocenters. The van der Waals surface area contributed by atoms with Gasteiger partial charge in [-0.15, -0.1) is 0 Å². The molecular weight excluding hydrogens is 1020 g/mol. The number of benzene rings is 6. The predicted molar refractivity (Wildman–Crippen MR) is 316 cm³/mol. The van der Waals surface area contributed by atoms with Crippen LogP contribution in [0, 0.1) is 0 Å². The summed E-state index contributed by atoms with van der Waals surface area (Å²) in [6, 6.07) is 34.5. The highest BCUT2D eigenvalue weighted by Gasteiger charge is 2.17. The molecule has 0 bridgehead atoms. The monoisotopic (exact) mass is 1080 g/mol. The van der Waals surface area contributed by atoms with E-state index in [2.05, 4.69) is 94.4 Å². The fourth-order valence-corrected chi connectivity index (χ4v) is 8.33. The quantitative estimate of drug-likeness (QED) is 0.0274. The molecule has 10 amide bonds. The summed E-state index contributed by atoms with van der Waals surface area (Å²) in [5.41, 5.74) is 6.17. The van der Waals surface area contributed by atoms with Crippen molar-refractivity contribution in [2.24, 2.45) is 20.0 Å².